The van der Waals surface area contributed by atoms with Crippen molar-refractivity contribution in [2.24, 2.45) is 5.92 Å². The van der Waals surface area contributed by atoms with Crippen LogP contribution in [0.25, 0.3) is 0 Å². The van der Waals surface area contributed by atoms with E-state index in [9.17, 15) is 18.8 Å². The third-order valence-corrected chi connectivity index (χ3v) is 4.43. The molecule has 2 amide bonds. The number of halogens is 1. The zero-order chi connectivity index (χ0) is 19.6. The molecule has 0 saturated heterocycles. The molecule has 0 aliphatic carbocycles. The molecular weight excluding hydrogens is 349 g/mol. The van der Waals surface area contributed by atoms with Crippen LogP contribution in [0.3, 0.4) is 0 Å². The number of ether oxygens (including phenoxy) is 1. The predicted octanol–water partition coefficient (Wildman–Crippen LogP) is 3.58. The Kier molecular flexibility index (Phi) is 5.35. The average molecular weight is 369 g/mol. The summed E-state index contributed by atoms with van der Waals surface area (Å²) in [6.45, 7) is 3.51. The van der Waals surface area contributed by atoms with Gasteiger partial charge in [0.25, 0.3) is 11.8 Å². The van der Waals surface area contributed by atoms with Crippen LogP contribution >= 0.6 is 0 Å². The third kappa shape index (κ3) is 3.74. The van der Waals surface area contributed by atoms with Crippen molar-refractivity contribution in [3.8, 4) is 0 Å². The van der Waals surface area contributed by atoms with Gasteiger partial charge >= 0.3 is 5.97 Å². The minimum absolute atomic E-state index is 0.0420. The molecule has 2 aromatic rings. The van der Waals surface area contributed by atoms with Crippen LogP contribution in [0.15, 0.2) is 48.5 Å². The lowest BCUT2D eigenvalue weighted by Gasteiger charge is -2.26. The van der Waals surface area contributed by atoms with Crippen LogP contribution in [0, 0.1) is 11.7 Å². The number of imide groups is 1. The second-order valence-corrected chi connectivity index (χ2v) is 6.87. The molecule has 27 heavy (non-hydrogen) atoms. The largest absolute Gasteiger partial charge is 0.459 e. The maximum atomic E-state index is 13.7. The highest BCUT2D eigenvalue weighted by Crippen LogP contribution is 2.27. The highest BCUT2D eigenvalue weighted by Gasteiger charge is 2.43. The number of carbonyl (C=O) groups excluding carboxylic acids is 3. The number of nitrogens with zero attached hydrogens (tertiary/aromatic N) is 1. The number of esters is 1. The molecule has 5 nitrogen and oxygen atoms in total. The fourth-order valence-electron chi connectivity index (χ4n) is 3.11. The first-order valence-electron chi connectivity index (χ1n) is 8.77. The minimum atomic E-state index is -1.05. The van der Waals surface area contributed by atoms with Gasteiger partial charge in [0.2, 0.25) is 0 Å². The fourth-order valence-corrected chi connectivity index (χ4v) is 3.11. The van der Waals surface area contributed by atoms with Gasteiger partial charge in [-0.25, -0.2) is 9.18 Å². The molecule has 3 rings (SSSR count). The first-order chi connectivity index (χ1) is 12.9. The molecule has 0 spiro atoms. The van der Waals surface area contributed by atoms with Gasteiger partial charge in [-0.05, 0) is 30.5 Å². The van der Waals surface area contributed by atoms with Gasteiger partial charge < -0.3 is 4.74 Å². The molecule has 0 aromatic heterocycles. The summed E-state index contributed by atoms with van der Waals surface area (Å²) in [5.41, 5.74) is 0.785. The first kappa shape index (κ1) is 18.8. The van der Waals surface area contributed by atoms with Crippen molar-refractivity contribution in [1.29, 1.82) is 0 Å². The van der Waals surface area contributed by atoms with Crippen LogP contribution in [0.5, 0.6) is 0 Å². The van der Waals surface area contributed by atoms with E-state index in [4.69, 9.17) is 4.74 Å². The molecule has 0 fully saturated rings. The zero-order valence-corrected chi connectivity index (χ0v) is 15.1. The maximum absolute atomic E-state index is 13.7. The molecule has 6 heteroatoms. The zero-order valence-electron chi connectivity index (χ0n) is 15.1. The quantitative estimate of drug-likeness (QED) is 0.577. The minimum Gasteiger partial charge on any atom is -0.459 e. The number of fused-ring (bicyclic) bond motifs is 1. The number of hydrogen-bond donors (Lipinski definition) is 0. The lowest BCUT2D eigenvalue weighted by Crippen LogP contribution is -2.46. The number of rotatable bonds is 6. The van der Waals surface area contributed by atoms with Crippen LogP contribution in [0.1, 0.15) is 46.5 Å². The summed E-state index contributed by atoms with van der Waals surface area (Å²) < 4.78 is 19.0. The molecule has 2 aromatic carbocycles. The van der Waals surface area contributed by atoms with E-state index in [0.29, 0.717) is 0 Å². The van der Waals surface area contributed by atoms with E-state index >= 15 is 0 Å². The molecule has 0 saturated carbocycles. The Morgan fingerprint density at radius 2 is 1.56 bits per heavy atom. The number of benzene rings is 2. The molecule has 1 heterocycles. The van der Waals surface area contributed by atoms with Crippen LogP contribution in [0.2, 0.25) is 0 Å². The molecule has 0 bridgehead atoms. The summed E-state index contributed by atoms with van der Waals surface area (Å²) in [4.78, 5) is 39.1. The fraction of sp³-hybridized carbons (Fsp3) is 0.286. The summed E-state index contributed by atoms with van der Waals surface area (Å²) in [5, 5.41) is 0. The van der Waals surface area contributed by atoms with Crippen molar-refractivity contribution < 1.29 is 23.5 Å². The maximum Gasteiger partial charge on any atom is 0.329 e. The summed E-state index contributed by atoms with van der Waals surface area (Å²) in [6.07, 6.45) is 0.265. The molecule has 1 aliphatic rings. The number of carbonyl (C=O) groups is 3. The first-order valence-corrected chi connectivity index (χ1v) is 8.77. The van der Waals surface area contributed by atoms with E-state index in [1.54, 1.807) is 36.4 Å². The second kappa shape index (κ2) is 7.70. The molecule has 1 aliphatic heterocycles. The van der Waals surface area contributed by atoms with Gasteiger partial charge in [-0.15, -0.1) is 0 Å². The monoisotopic (exact) mass is 369 g/mol. The van der Waals surface area contributed by atoms with Crippen molar-refractivity contribution in [2.75, 3.05) is 0 Å². The van der Waals surface area contributed by atoms with E-state index < -0.39 is 29.6 Å². The van der Waals surface area contributed by atoms with Gasteiger partial charge in [0.1, 0.15) is 18.5 Å². The van der Waals surface area contributed by atoms with Crippen LogP contribution in [-0.4, -0.2) is 28.7 Å². The molecular formula is C21H20FNO4. The van der Waals surface area contributed by atoms with Gasteiger partial charge in [-0.2, -0.15) is 0 Å². The molecule has 1 atom stereocenters. The standard InChI is InChI=1S/C21H20FNO4/c1-13(2)11-18(21(26)27-12-14-7-3-6-10-17(14)22)23-19(24)15-8-4-5-9-16(15)20(23)25/h3-10,13,18H,11-12H2,1-2H3/t18-/m1/s1. The molecule has 0 radical (unpaired) electrons. The van der Waals surface area contributed by atoms with E-state index in [0.717, 1.165) is 4.90 Å². The van der Waals surface area contributed by atoms with Crippen LogP contribution in [-0.2, 0) is 16.1 Å². The van der Waals surface area contributed by atoms with Gasteiger partial charge in [0.05, 0.1) is 11.1 Å². The van der Waals surface area contributed by atoms with Crippen molar-refractivity contribution >= 4 is 17.8 Å². The third-order valence-electron chi connectivity index (χ3n) is 4.43. The number of amides is 2. The Labute approximate surface area is 156 Å². The Bertz CT molecular complexity index is 858. The highest BCUT2D eigenvalue weighted by molar-refractivity contribution is 6.22. The predicted molar refractivity (Wildman–Crippen MR) is 96.4 cm³/mol. The van der Waals surface area contributed by atoms with E-state index in [1.807, 2.05) is 13.8 Å². The second-order valence-electron chi connectivity index (χ2n) is 6.87. The van der Waals surface area contributed by atoms with Gasteiger partial charge in [-0.3, -0.25) is 14.5 Å². The summed E-state index contributed by atoms with van der Waals surface area (Å²) in [5.74, 6) is -2.18. The molecule has 0 N–H and O–H groups in total. The summed E-state index contributed by atoms with van der Waals surface area (Å²) >= 11 is 0. The van der Waals surface area contributed by atoms with E-state index in [-0.39, 0.29) is 35.6 Å². The highest BCUT2D eigenvalue weighted by atomic mass is 19.1. The molecule has 0 unspecified atom stereocenters. The van der Waals surface area contributed by atoms with E-state index in [1.165, 1.54) is 12.1 Å². The number of hydrogen-bond acceptors (Lipinski definition) is 4. The van der Waals surface area contributed by atoms with Crippen LogP contribution in [0.4, 0.5) is 4.39 Å². The SMILES string of the molecule is CC(C)C[C@H](C(=O)OCc1ccccc1F)N1C(=O)c2ccccc2C1=O. The average Bonchev–Trinajstić information content (AvgIpc) is 2.90. The lowest BCUT2D eigenvalue weighted by molar-refractivity contribution is -0.150. The topological polar surface area (TPSA) is 63.7 Å². The normalized spacial score (nSPS) is 14.4. The van der Waals surface area contributed by atoms with Crippen molar-refractivity contribution in [3.05, 3.63) is 71.0 Å². The Morgan fingerprint density at radius 1 is 1.00 bits per heavy atom. The van der Waals surface area contributed by atoms with Gasteiger partial charge in [-0.1, -0.05) is 44.2 Å². The Hall–Kier alpha value is -3.02. The van der Waals surface area contributed by atoms with Gasteiger partial charge in [0.15, 0.2) is 0 Å². The van der Waals surface area contributed by atoms with E-state index in [2.05, 4.69) is 0 Å². The Balaban J connectivity index is 1.82. The van der Waals surface area contributed by atoms with Crippen molar-refractivity contribution in [1.82, 2.24) is 4.90 Å². The molecule has 140 valence electrons. The smallest absolute Gasteiger partial charge is 0.329 e. The summed E-state index contributed by atoms with van der Waals surface area (Å²) in [7, 11) is 0. The van der Waals surface area contributed by atoms with Gasteiger partial charge in [0, 0.05) is 5.56 Å². The van der Waals surface area contributed by atoms with Crippen molar-refractivity contribution in [2.45, 2.75) is 32.9 Å². The summed E-state index contributed by atoms with van der Waals surface area (Å²) in [6, 6.07) is 11.4. The van der Waals surface area contributed by atoms with Crippen LogP contribution < -0.4 is 0 Å². The lowest BCUT2D eigenvalue weighted by atomic mass is 10.0. The Morgan fingerprint density at radius 3 is 2.11 bits per heavy atom. The van der Waals surface area contributed by atoms with Crippen molar-refractivity contribution in [3.63, 3.8) is 0 Å².